The number of nitrogens with zero attached hydrogens (tertiary/aromatic N) is 1. The van der Waals surface area contributed by atoms with Gasteiger partial charge in [0.15, 0.2) is 0 Å². The van der Waals surface area contributed by atoms with Gasteiger partial charge < -0.3 is 0 Å². The molecule has 0 spiro atoms. The van der Waals surface area contributed by atoms with Crippen LogP contribution in [0.2, 0.25) is 0 Å². The van der Waals surface area contributed by atoms with E-state index in [-0.39, 0.29) is 6.71 Å². The van der Waals surface area contributed by atoms with Crippen molar-refractivity contribution in [3.63, 3.8) is 0 Å². The Kier molecular flexibility index (Phi) is 5.31. The molecule has 2 heterocycles. The Morgan fingerprint density at radius 2 is 1.17 bits per heavy atom. The second kappa shape index (κ2) is 8.51. The van der Waals surface area contributed by atoms with E-state index in [9.17, 15) is 0 Å². The van der Waals surface area contributed by atoms with E-state index in [2.05, 4.69) is 136 Å². The highest BCUT2D eigenvalue weighted by Gasteiger charge is 2.51. The van der Waals surface area contributed by atoms with Crippen LogP contribution in [0.3, 0.4) is 0 Å². The van der Waals surface area contributed by atoms with Gasteiger partial charge in [-0.15, -0.1) is 0 Å². The zero-order valence-corrected chi connectivity index (χ0v) is 21.5. The molecule has 0 radical (unpaired) electrons. The first-order chi connectivity index (χ1) is 17.1. The van der Waals surface area contributed by atoms with Crippen LogP contribution in [0.1, 0.15) is 16.8 Å². The Hall–Kier alpha value is -3.69. The summed E-state index contributed by atoms with van der Waals surface area (Å²) in [5.74, 6) is 0. The first-order valence-electron chi connectivity index (χ1n) is 12.4. The lowest BCUT2D eigenvalue weighted by Gasteiger charge is -2.42. The van der Waals surface area contributed by atoms with Gasteiger partial charge >= 0.3 is 0 Å². The van der Waals surface area contributed by atoms with Crippen molar-refractivity contribution in [3.05, 3.63) is 132 Å². The smallest absolute Gasteiger partial charge is 0.243 e. The number of aromatic nitrogens is 1. The van der Waals surface area contributed by atoms with Crippen molar-refractivity contribution in [2.24, 2.45) is 0 Å². The number of aryl methyl sites for hydroxylation is 3. The molecule has 5 aromatic rings. The summed E-state index contributed by atoms with van der Waals surface area (Å²) in [6.45, 7) is 6.75. The van der Waals surface area contributed by atoms with Crippen molar-refractivity contribution in [1.82, 2.24) is 4.98 Å². The number of benzene rings is 4. The van der Waals surface area contributed by atoms with E-state index in [0.717, 1.165) is 5.69 Å². The molecule has 0 unspecified atom stereocenters. The highest BCUT2D eigenvalue weighted by atomic mass is 28.3. The van der Waals surface area contributed by atoms with Crippen LogP contribution in [0.15, 0.2) is 115 Å². The summed E-state index contributed by atoms with van der Waals surface area (Å²) < 4.78 is 0. The minimum absolute atomic E-state index is 0.169. The van der Waals surface area contributed by atoms with E-state index in [1.807, 2.05) is 0 Å². The molecule has 6 rings (SSSR count). The highest BCUT2D eigenvalue weighted by Crippen LogP contribution is 2.14. The summed E-state index contributed by atoms with van der Waals surface area (Å²) in [7, 11) is -2.64. The molecule has 0 fully saturated rings. The maximum atomic E-state index is 5.42. The van der Waals surface area contributed by atoms with Crippen LogP contribution in [-0.2, 0) is 0 Å². The second-order valence-electron chi connectivity index (χ2n) is 9.75. The molecule has 3 heteroatoms. The van der Waals surface area contributed by atoms with E-state index >= 15 is 0 Å². The average molecular weight is 465 g/mol. The predicted molar refractivity (Wildman–Crippen MR) is 153 cm³/mol. The third kappa shape index (κ3) is 3.34. The second-order valence-corrected chi connectivity index (χ2v) is 13.4. The summed E-state index contributed by atoms with van der Waals surface area (Å²) in [6.07, 6.45) is 0. The average Bonchev–Trinajstić information content (AvgIpc) is 2.89. The number of pyridine rings is 1. The van der Waals surface area contributed by atoms with Crippen molar-refractivity contribution in [1.29, 1.82) is 0 Å². The fraction of sp³-hybridized carbons (Fsp3) is 0.0938. The summed E-state index contributed by atoms with van der Waals surface area (Å²) in [5, 5.41) is 5.52. The molecule has 4 aromatic carbocycles. The predicted octanol–water partition coefficient (Wildman–Crippen LogP) is 2.21. The van der Waals surface area contributed by atoms with E-state index in [1.54, 1.807) is 0 Å². The molecule has 168 valence electrons. The van der Waals surface area contributed by atoms with Gasteiger partial charge in [0, 0.05) is 11.0 Å². The Morgan fingerprint density at radius 3 is 1.83 bits per heavy atom. The van der Waals surface area contributed by atoms with Crippen molar-refractivity contribution in [2.45, 2.75) is 20.8 Å². The van der Waals surface area contributed by atoms with E-state index < -0.39 is 8.07 Å². The van der Waals surface area contributed by atoms with Gasteiger partial charge in [-0.3, -0.25) is 4.98 Å². The van der Waals surface area contributed by atoms with E-state index in [1.165, 1.54) is 48.4 Å². The third-order valence-corrected chi connectivity index (χ3v) is 12.3. The van der Waals surface area contributed by atoms with Gasteiger partial charge in [-0.05, 0) is 42.4 Å². The maximum absolute atomic E-state index is 5.42. The van der Waals surface area contributed by atoms with Gasteiger partial charge in [0.25, 0.3) is 0 Å². The van der Waals surface area contributed by atoms with Crippen LogP contribution in [0.5, 0.6) is 0 Å². The van der Waals surface area contributed by atoms with Crippen LogP contribution in [0.25, 0.3) is 0 Å². The van der Waals surface area contributed by atoms with Crippen molar-refractivity contribution < 1.29 is 0 Å². The minimum atomic E-state index is -2.64. The standard InChI is InChI=1S/C32H28BNSi/c1-23-18-20-29-31(22-23)35(26-13-6-4-7-14-26,27-15-8-5-9-16-27)32-30(21-19-25(3)34-32)33(29)28-17-11-10-12-24(28)2/h4-22H,1-3H3. The number of hydrogen-bond acceptors (Lipinski definition) is 1. The van der Waals surface area contributed by atoms with Gasteiger partial charge in [-0.2, -0.15) is 0 Å². The number of rotatable bonds is 3. The van der Waals surface area contributed by atoms with Gasteiger partial charge in [0.05, 0.1) is 0 Å². The van der Waals surface area contributed by atoms with E-state index in [4.69, 9.17) is 4.98 Å². The Morgan fingerprint density at radius 1 is 0.571 bits per heavy atom. The number of fused-ring (bicyclic) bond motifs is 2. The lowest BCUT2D eigenvalue weighted by atomic mass is 9.36. The minimum Gasteiger partial charge on any atom is -0.262 e. The summed E-state index contributed by atoms with van der Waals surface area (Å²) >= 11 is 0. The maximum Gasteiger partial charge on any atom is 0.243 e. The largest absolute Gasteiger partial charge is 0.262 e. The first kappa shape index (κ1) is 21.8. The molecule has 1 aliphatic heterocycles. The van der Waals surface area contributed by atoms with Gasteiger partial charge in [0.1, 0.15) is 0 Å². The van der Waals surface area contributed by atoms with Crippen LogP contribution in [0.4, 0.5) is 0 Å². The Balaban J connectivity index is 1.82. The van der Waals surface area contributed by atoms with E-state index in [0.29, 0.717) is 0 Å². The normalized spacial score (nSPS) is 13.7. The molecule has 35 heavy (non-hydrogen) atoms. The van der Waals surface area contributed by atoms with Crippen LogP contribution in [-0.4, -0.2) is 19.8 Å². The zero-order valence-electron chi connectivity index (χ0n) is 20.5. The molecule has 1 nitrogen and oxygen atoms in total. The Labute approximate surface area is 209 Å². The molecule has 0 amide bonds. The molecule has 0 N–H and O–H groups in total. The van der Waals surface area contributed by atoms with Crippen molar-refractivity contribution in [3.8, 4) is 0 Å². The molecule has 0 saturated carbocycles. The first-order valence-corrected chi connectivity index (χ1v) is 14.4. The fourth-order valence-corrected chi connectivity index (χ4v) is 11.3. The van der Waals surface area contributed by atoms with Gasteiger partial charge in [-0.25, -0.2) is 0 Å². The lowest BCUT2D eigenvalue weighted by molar-refractivity contribution is 1.24. The summed E-state index contributed by atoms with van der Waals surface area (Å²) in [5.41, 5.74) is 7.83. The molecule has 0 bridgehead atoms. The SMILES string of the molecule is Cc1ccc2c(c1)[Si](c1ccccc1)(c1ccccc1)c1nc(C)ccc1B2c1ccccc1C. The molecule has 0 atom stereocenters. The monoisotopic (exact) mass is 465 g/mol. The number of hydrogen-bond donors (Lipinski definition) is 0. The fourth-order valence-electron chi connectivity index (χ4n) is 6.02. The van der Waals surface area contributed by atoms with Crippen molar-refractivity contribution >= 4 is 52.1 Å². The summed E-state index contributed by atoms with van der Waals surface area (Å²) in [6, 6.07) is 42.8. The molecular weight excluding hydrogens is 437 g/mol. The molecule has 0 saturated heterocycles. The molecule has 0 aliphatic carbocycles. The van der Waals surface area contributed by atoms with Gasteiger partial charge in [-0.1, -0.05) is 137 Å². The quantitative estimate of drug-likeness (QED) is 0.366. The lowest BCUT2D eigenvalue weighted by Crippen LogP contribution is -2.87. The molecule has 1 aromatic heterocycles. The zero-order chi connectivity index (χ0) is 24.0. The van der Waals surface area contributed by atoms with Gasteiger partial charge in [0.2, 0.25) is 14.8 Å². The molecular formula is C32H28BNSi. The summed E-state index contributed by atoms with van der Waals surface area (Å²) in [4.78, 5) is 5.42. The third-order valence-electron chi connectivity index (χ3n) is 7.57. The Bertz CT molecular complexity index is 1430. The topological polar surface area (TPSA) is 12.9 Å². The van der Waals surface area contributed by atoms with Crippen molar-refractivity contribution in [2.75, 3.05) is 0 Å². The van der Waals surface area contributed by atoms with Crippen LogP contribution >= 0.6 is 0 Å². The molecule has 1 aliphatic rings. The van der Waals surface area contributed by atoms with Crippen LogP contribution in [0, 0.1) is 20.8 Å². The van der Waals surface area contributed by atoms with Crippen LogP contribution < -0.4 is 37.3 Å². The highest BCUT2D eigenvalue weighted by molar-refractivity contribution is 7.26.